The smallest absolute Gasteiger partial charge is 0.336 e. The van der Waals surface area contributed by atoms with E-state index in [-0.39, 0.29) is 24.9 Å². The highest BCUT2D eigenvalue weighted by atomic mass is 16.6. The summed E-state index contributed by atoms with van der Waals surface area (Å²) in [6, 6.07) is 7.34. The van der Waals surface area contributed by atoms with Crippen LogP contribution in [-0.4, -0.2) is 51.8 Å². The van der Waals surface area contributed by atoms with Crippen LogP contribution in [0.1, 0.15) is 45.1 Å². The van der Waals surface area contributed by atoms with E-state index in [1.807, 2.05) is 38.1 Å². The summed E-state index contributed by atoms with van der Waals surface area (Å²) in [5.41, 5.74) is 2.82. The molecular weight excluding hydrogens is 438 g/mol. The van der Waals surface area contributed by atoms with Crippen LogP contribution in [0.15, 0.2) is 46.8 Å². The number of hydrogen-bond acceptors (Lipinski definition) is 8. The highest BCUT2D eigenvalue weighted by molar-refractivity contribution is 6.12. The lowest BCUT2D eigenvalue weighted by Gasteiger charge is -2.38. The van der Waals surface area contributed by atoms with Crippen LogP contribution in [-0.2, 0) is 28.6 Å². The molecule has 1 heterocycles. The Kier molecular flexibility index (Phi) is 8.50. The summed E-state index contributed by atoms with van der Waals surface area (Å²) in [5.74, 6) is -2.58. The Morgan fingerprint density at radius 2 is 1.79 bits per heavy atom. The molecule has 0 amide bonds. The second kappa shape index (κ2) is 11.3. The van der Waals surface area contributed by atoms with Gasteiger partial charge in [-0.05, 0) is 43.4 Å². The van der Waals surface area contributed by atoms with E-state index in [1.54, 1.807) is 6.92 Å². The molecule has 1 aliphatic heterocycles. The van der Waals surface area contributed by atoms with Gasteiger partial charge in [-0.1, -0.05) is 26.0 Å². The van der Waals surface area contributed by atoms with E-state index >= 15 is 0 Å². The van der Waals surface area contributed by atoms with Crippen LogP contribution in [0.5, 0.6) is 5.75 Å². The van der Waals surface area contributed by atoms with E-state index in [4.69, 9.17) is 18.9 Å². The summed E-state index contributed by atoms with van der Waals surface area (Å²) in [4.78, 5) is 39.3. The Morgan fingerprint density at radius 3 is 2.41 bits per heavy atom. The van der Waals surface area contributed by atoms with E-state index in [1.165, 1.54) is 14.2 Å². The molecule has 0 saturated heterocycles. The van der Waals surface area contributed by atoms with Crippen molar-refractivity contribution in [3.05, 3.63) is 52.4 Å². The van der Waals surface area contributed by atoms with Gasteiger partial charge < -0.3 is 24.3 Å². The Morgan fingerprint density at radius 1 is 1.09 bits per heavy atom. The van der Waals surface area contributed by atoms with E-state index in [2.05, 4.69) is 5.32 Å². The second-order valence-electron chi connectivity index (χ2n) is 8.58. The lowest BCUT2D eigenvalue weighted by molar-refractivity contribution is -0.151. The fourth-order valence-electron chi connectivity index (χ4n) is 4.56. The highest BCUT2D eigenvalue weighted by Crippen LogP contribution is 2.45. The lowest BCUT2D eigenvalue weighted by atomic mass is 9.69. The molecule has 0 spiro atoms. The summed E-state index contributed by atoms with van der Waals surface area (Å²) in [5, 5.41) is 3.25. The molecule has 0 aromatic heterocycles. The number of carbonyl (C=O) groups excluding carboxylic acids is 3. The van der Waals surface area contributed by atoms with E-state index in [9.17, 15) is 14.4 Å². The SMILES string of the molecule is CCCOc1ccc([C@@H]2C(C(=O)OCCOC)=C(C)NC3=C2C(=O)[C@H](C(=O)OC)[C@@H](C)C3)cc1. The third kappa shape index (κ3) is 5.17. The molecule has 1 aromatic rings. The standard InChI is InChI=1S/C26H33NO7/c1-6-11-33-18-9-7-17(8-10-18)22-21(26(30)34-13-12-31-4)16(3)27-19-14-15(2)20(25(29)32-5)24(28)23(19)22/h7-10,15,20,22,27H,6,11-14H2,1-5H3/t15-,20+,22+/m0/s1. The molecule has 0 fully saturated rings. The number of ether oxygens (including phenoxy) is 4. The van der Waals surface area contributed by atoms with Crippen molar-refractivity contribution in [2.75, 3.05) is 34.0 Å². The summed E-state index contributed by atoms with van der Waals surface area (Å²) in [7, 11) is 2.80. The average molecular weight is 472 g/mol. The zero-order valence-corrected chi connectivity index (χ0v) is 20.4. The van der Waals surface area contributed by atoms with Gasteiger partial charge in [0.05, 0.1) is 25.9 Å². The van der Waals surface area contributed by atoms with Gasteiger partial charge in [0.1, 0.15) is 18.3 Å². The number of benzene rings is 1. The summed E-state index contributed by atoms with van der Waals surface area (Å²) < 4.78 is 21.1. The summed E-state index contributed by atoms with van der Waals surface area (Å²) in [6.45, 7) is 6.62. The van der Waals surface area contributed by atoms with Gasteiger partial charge in [0.2, 0.25) is 0 Å². The Hall–Kier alpha value is -3.13. The van der Waals surface area contributed by atoms with Crippen LogP contribution in [0.4, 0.5) is 0 Å². The van der Waals surface area contributed by atoms with Crippen molar-refractivity contribution in [2.45, 2.75) is 39.5 Å². The van der Waals surface area contributed by atoms with Gasteiger partial charge >= 0.3 is 11.9 Å². The number of ketones is 1. The van der Waals surface area contributed by atoms with Crippen molar-refractivity contribution in [3.8, 4) is 5.75 Å². The van der Waals surface area contributed by atoms with Gasteiger partial charge in [0.15, 0.2) is 5.78 Å². The first-order valence-electron chi connectivity index (χ1n) is 11.6. The van der Waals surface area contributed by atoms with Crippen molar-refractivity contribution >= 4 is 17.7 Å². The third-order valence-electron chi connectivity index (χ3n) is 6.17. The Bertz CT molecular complexity index is 993. The van der Waals surface area contributed by atoms with Gasteiger partial charge in [-0.2, -0.15) is 0 Å². The van der Waals surface area contributed by atoms with Gasteiger partial charge in [-0.15, -0.1) is 0 Å². The number of nitrogens with one attached hydrogen (secondary N) is 1. The molecule has 1 N–H and O–H groups in total. The van der Waals surface area contributed by atoms with E-state index in [0.717, 1.165) is 17.7 Å². The molecule has 0 radical (unpaired) electrons. The van der Waals surface area contributed by atoms with Crippen LogP contribution in [0, 0.1) is 11.8 Å². The maximum atomic E-state index is 13.7. The Balaban J connectivity index is 2.07. The number of rotatable bonds is 9. The first kappa shape index (κ1) is 25.5. The van der Waals surface area contributed by atoms with E-state index < -0.39 is 23.8 Å². The molecule has 0 saturated carbocycles. The minimum absolute atomic E-state index is 0.0876. The average Bonchev–Trinajstić information content (AvgIpc) is 2.82. The molecule has 3 atom stereocenters. The van der Waals surface area contributed by atoms with Gasteiger partial charge in [-0.25, -0.2) is 4.79 Å². The van der Waals surface area contributed by atoms with Crippen molar-refractivity contribution in [1.29, 1.82) is 0 Å². The number of allylic oxidation sites excluding steroid dienone is 3. The Labute approximate surface area is 200 Å². The fourth-order valence-corrected chi connectivity index (χ4v) is 4.56. The number of esters is 2. The number of methoxy groups -OCH3 is 2. The first-order valence-corrected chi connectivity index (χ1v) is 11.6. The number of dihydropyridines is 1. The highest BCUT2D eigenvalue weighted by Gasteiger charge is 2.47. The van der Waals surface area contributed by atoms with Gasteiger partial charge in [0, 0.05) is 30.0 Å². The maximum absolute atomic E-state index is 13.7. The van der Waals surface area contributed by atoms with Crippen molar-refractivity contribution in [2.24, 2.45) is 11.8 Å². The second-order valence-corrected chi connectivity index (χ2v) is 8.58. The molecule has 184 valence electrons. The van der Waals surface area contributed by atoms with Crippen molar-refractivity contribution < 1.29 is 33.3 Å². The molecule has 8 heteroatoms. The van der Waals surface area contributed by atoms with Crippen molar-refractivity contribution in [1.82, 2.24) is 5.32 Å². The van der Waals surface area contributed by atoms with Gasteiger partial charge in [-0.3, -0.25) is 9.59 Å². The normalized spacial score (nSPS) is 22.1. The molecular formula is C26H33NO7. The van der Waals surface area contributed by atoms with Gasteiger partial charge in [0.25, 0.3) is 0 Å². The molecule has 0 unspecified atom stereocenters. The van der Waals surface area contributed by atoms with Crippen LogP contribution in [0.3, 0.4) is 0 Å². The fraction of sp³-hybridized carbons (Fsp3) is 0.500. The largest absolute Gasteiger partial charge is 0.494 e. The minimum Gasteiger partial charge on any atom is -0.494 e. The summed E-state index contributed by atoms with van der Waals surface area (Å²) in [6.07, 6.45) is 1.37. The van der Waals surface area contributed by atoms with Crippen molar-refractivity contribution in [3.63, 3.8) is 0 Å². The minimum atomic E-state index is -0.927. The monoisotopic (exact) mass is 471 g/mol. The molecule has 2 aliphatic rings. The van der Waals surface area contributed by atoms with Crippen LogP contribution < -0.4 is 10.1 Å². The molecule has 0 bridgehead atoms. The zero-order valence-electron chi connectivity index (χ0n) is 20.4. The number of Topliss-reactive ketones (excluding diaryl/α,β-unsaturated/α-hetero) is 1. The number of carbonyl (C=O) groups is 3. The van der Waals surface area contributed by atoms with Crippen LogP contribution in [0.25, 0.3) is 0 Å². The predicted octanol–water partition coefficient (Wildman–Crippen LogP) is 3.28. The summed E-state index contributed by atoms with van der Waals surface area (Å²) >= 11 is 0. The van der Waals surface area contributed by atoms with Crippen LogP contribution >= 0.6 is 0 Å². The lowest BCUT2D eigenvalue weighted by Crippen LogP contribution is -2.43. The maximum Gasteiger partial charge on any atom is 0.336 e. The quantitative estimate of drug-likeness (QED) is 0.333. The van der Waals surface area contributed by atoms with E-state index in [0.29, 0.717) is 35.6 Å². The molecule has 34 heavy (non-hydrogen) atoms. The molecule has 1 aliphatic carbocycles. The predicted molar refractivity (Wildman–Crippen MR) is 125 cm³/mol. The third-order valence-corrected chi connectivity index (χ3v) is 6.17. The van der Waals surface area contributed by atoms with Crippen LogP contribution in [0.2, 0.25) is 0 Å². The first-order chi connectivity index (χ1) is 16.3. The molecule has 8 nitrogen and oxygen atoms in total. The topological polar surface area (TPSA) is 100 Å². The molecule has 3 rings (SSSR count). The number of hydrogen-bond donors (Lipinski definition) is 1. The molecule has 1 aromatic carbocycles. The zero-order chi connectivity index (χ0) is 24.8.